The third-order valence-electron chi connectivity index (χ3n) is 12.1. The summed E-state index contributed by atoms with van der Waals surface area (Å²) in [4.78, 5) is 66.4. The fourth-order valence-electron chi connectivity index (χ4n) is 8.86. The molecule has 0 aromatic carbocycles. The van der Waals surface area contributed by atoms with E-state index >= 15 is 0 Å². The van der Waals surface area contributed by atoms with Crippen LogP contribution in [-0.4, -0.2) is 80.1 Å². The molecule has 4 rings (SSSR count). The number of nitrogens with zero attached hydrogens (tertiary/aromatic N) is 4. The van der Waals surface area contributed by atoms with E-state index in [1.807, 2.05) is 57.5 Å². The van der Waals surface area contributed by atoms with Crippen molar-refractivity contribution in [3.05, 3.63) is 37.1 Å². The number of pyridine rings is 1. The first-order valence-corrected chi connectivity index (χ1v) is 18.7. The maximum absolute atomic E-state index is 14.5. The molecule has 11 nitrogen and oxygen atoms in total. The fraction of sp³-hybridized carbons (Fsp3) is 0.700. The normalized spacial score (nSPS) is 33.1. The van der Waals surface area contributed by atoms with Crippen LogP contribution in [0, 0.1) is 41.4 Å². The molecule has 2 aliphatic heterocycles. The molecule has 2 saturated heterocycles. The molecule has 2 aromatic rings. The number of hydrogen-bond donors (Lipinski definition) is 0. The van der Waals surface area contributed by atoms with E-state index in [1.165, 1.54) is 0 Å². The van der Waals surface area contributed by atoms with Crippen molar-refractivity contribution in [1.82, 2.24) is 19.4 Å². The van der Waals surface area contributed by atoms with Crippen molar-refractivity contribution in [3.8, 4) is 11.3 Å². The third kappa shape index (κ3) is 8.23. The number of ether oxygens (including phenoxy) is 3. The maximum Gasteiger partial charge on any atom is 0.410 e. The number of methoxy groups -OCH3 is 1. The lowest BCUT2D eigenvalue weighted by Crippen LogP contribution is -2.58. The van der Waals surface area contributed by atoms with Gasteiger partial charge in [0.25, 0.3) is 0 Å². The van der Waals surface area contributed by atoms with Gasteiger partial charge < -0.3 is 23.7 Å². The van der Waals surface area contributed by atoms with Crippen molar-refractivity contribution < 1.29 is 33.4 Å². The zero-order chi connectivity index (χ0) is 37.8. The molecule has 0 radical (unpaired) electrons. The van der Waals surface area contributed by atoms with E-state index in [2.05, 4.69) is 30.7 Å². The molecule has 1 amide bonds. The lowest BCUT2D eigenvalue weighted by Gasteiger charge is -2.46. The zero-order valence-electron chi connectivity index (χ0n) is 32.5. The summed E-state index contributed by atoms with van der Waals surface area (Å²) < 4.78 is 20.5. The Morgan fingerprint density at radius 1 is 1.00 bits per heavy atom. The molecule has 1 unspecified atom stereocenters. The number of amides is 1. The molecule has 2 aliphatic rings. The van der Waals surface area contributed by atoms with E-state index in [9.17, 15) is 19.2 Å². The molecule has 0 aliphatic carbocycles. The van der Waals surface area contributed by atoms with Crippen LogP contribution in [0.2, 0.25) is 0 Å². The van der Waals surface area contributed by atoms with Crippen LogP contribution in [0.15, 0.2) is 37.1 Å². The number of carbonyl (C=O) groups is 4. The van der Waals surface area contributed by atoms with Gasteiger partial charge in [-0.15, -0.1) is 0 Å². The molecule has 0 bridgehead atoms. The van der Waals surface area contributed by atoms with Crippen LogP contribution in [0.1, 0.15) is 94.9 Å². The van der Waals surface area contributed by atoms with Gasteiger partial charge >= 0.3 is 12.1 Å². The second-order valence-electron chi connectivity index (χ2n) is 15.8. The smallest absolute Gasteiger partial charge is 0.410 e. The minimum atomic E-state index is -1.32. The minimum absolute atomic E-state index is 0.0271. The molecule has 2 aromatic heterocycles. The Morgan fingerprint density at radius 2 is 1.69 bits per heavy atom. The summed E-state index contributed by atoms with van der Waals surface area (Å²) in [6, 6.07) is 3.14. The van der Waals surface area contributed by atoms with Crippen molar-refractivity contribution in [1.29, 1.82) is 0 Å². The van der Waals surface area contributed by atoms with Gasteiger partial charge in [0, 0.05) is 62.1 Å². The van der Waals surface area contributed by atoms with Crippen molar-refractivity contribution >= 4 is 23.6 Å². The van der Waals surface area contributed by atoms with E-state index in [1.54, 1.807) is 44.6 Å². The van der Waals surface area contributed by atoms with E-state index in [0.29, 0.717) is 32.4 Å². The van der Waals surface area contributed by atoms with Crippen LogP contribution >= 0.6 is 0 Å². The predicted molar refractivity (Wildman–Crippen MR) is 194 cm³/mol. The molecule has 0 N–H and O–H groups in total. The predicted octanol–water partition coefficient (Wildman–Crippen LogP) is 7.03. The molecular formula is C40H60N4O7. The Morgan fingerprint density at radius 3 is 2.29 bits per heavy atom. The number of ketones is 2. The average Bonchev–Trinajstić information content (AvgIpc) is 3.68. The number of unbranched alkanes of at least 4 members (excludes halogenated alkanes) is 1. The molecule has 2 fully saturated rings. The summed E-state index contributed by atoms with van der Waals surface area (Å²) in [5.41, 5.74) is -0.393. The number of fused-ring (bicyclic) bond motifs is 1. The van der Waals surface area contributed by atoms with Crippen LogP contribution in [0.5, 0.6) is 0 Å². The number of aryl methyl sites for hydroxylation is 1. The van der Waals surface area contributed by atoms with Gasteiger partial charge in [-0.2, -0.15) is 0 Å². The second-order valence-corrected chi connectivity index (χ2v) is 15.8. The first kappa shape index (κ1) is 40.2. The molecular weight excluding hydrogens is 648 g/mol. The number of rotatable bonds is 10. The summed E-state index contributed by atoms with van der Waals surface area (Å²) >= 11 is 0. The van der Waals surface area contributed by atoms with E-state index < -0.39 is 59.1 Å². The molecule has 0 saturated carbocycles. The molecule has 51 heavy (non-hydrogen) atoms. The molecule has 11 heteroatoms. The average molecular weight is 709 g/mol. The van der Waals surface area contributed by atoms with E-state index in [0.717, 1.165) is 17.7 Å². The van der Waals surface area contributed by atoms with Gasteiger partial charge in [-0.05, 0) is 76.3 Å². The highest BCUT2D eigenvalue weighted by Crippen LogP contribution is 2.45. The summed E-state index contributed by atoms with van der Waals surface area (Å²) in [5, 5.41) is 0. The first-order valence-electron chi connectivity index (χ1n) is 18.7. The number of cyclic esters (lactones) is 1. The Balaban J connectivity index is 1.65. The van der Waals surface area contributed by atoms with Crippen molar-refractivity contribution in [3.63, 3.8) is 0 Å². The Kier molecular flexibility index (Phi) is 12.9. The highest BCUT2D eigenvalue weighted by molar-refractivity contribution is 6.00. The Labute approximate surface area is 304 Å². The lowest BCUT2D eigenvalue weighted by molar-refractivity contribution is -0.173. The maximum atomic E-state index is 14.5. The quantitative estimate of drug-likeness (QED) is 0.145. The highest BCUT2D eigenvalue weighted by atomic mass is 16.6. The third-order valence-corrected chi connectivity index (χ3v) is 12.1. The number of Topliss-reactive ketones (excluding diaryl/α,β-unsaturated/α-hetero) is 2. The lowest BCUT2D eigenvalue weighted by atomic mass is 9.63. The van der Waals surface area contributed by atoms with Gasteiger partial charge in [-0.3, -0.25) is 19.4 Å². The molecule has 4 heterocycles. The molecule has 282 valence electrons. The second kappa shape index (κ2) is 16.4. The number of imidazole rings is 1. The van der Waals surface area contributed by atoms with Crippen LogP contribution in [0.4, 0.5) is 4.79 Å². The highest BCUT2D eigenvalue weighted by Gasteiger charge is 2.60. The van der Waals surface area contributed by atoms with Gasteiger partial charge in [0.15, 0.2) is 5.60 Å². The molecule has 10 atom stereocenters. The first-order chi connectivity index (χ1) is 24.0. The van der Waals surface area contributed by atoms with Crippen LogP contribution < -0.4 is 0 Å². The Bertz CT molecular complexity index is 1530. The molecule has 0 spiro atoms. The van der Waals surface area contributed by atoms with Gasteiger partial charge in [0.1, 0.15) is 23.6 Å². The number of esters is 1. The number of hydrogen-bond acceptors (Lipinski definition) is 9. The monoisotopic (exact) mass is 708 g/mol. The topological polar surface area (TPSA) is 130 Å². The summed E-state index contributed by atoms with van der Waals surface area (Å²) in [7, 11) is 1.64. The van der Waals surface area contributed by atoms with E-state index in [-0.39, 0.29) is 29.3 Å². The minimum Gasteiger partial charge on any atom is -0.458 e. The standard InChI is InChI=1S/C40H60N4O7/c1-12-32-40(10)36(44(38(48)51-40)19-14-13-18-43-22-31(42-23-43)30-16-15-17-41-21-30)28(7)34(45)25(4)20-39(9,49-11)33(26(5)24(2)3)27(6)35(46)29(8)37(47)50-32/h15-17,21-29,32-33,36H,12-14,18-20H2,1-11H3/t25-,26?,27-,28+,29-,32-,33-,36-,39-,40-/m1/s1. The largest absolute Gasteiger partial charge is 0.458 e. The van der Waals surface area contributed by atoms with Gasteiger partial charge in [-0.25, -0.2) is 9.78 Å². The fourth-order valence-corrected chi connectivity index (χ4v) is 8.86. The van der Waals surface area contributed by atoms with E-state index in [4.69, 9.17) is 14.2 Å². The number of carbonyl (C=O) groups excluding carboxylic acids is 4. The SMILES string of the molecule is CC[C@H]1OC(=O)[C@H](C)C(=O)[C@H](C)[C@@H](C(C)C(C)C)[C@](C)(OC)C[C@@H](C)C(=O)[C@H](C)[C@H]2N(CCCCn3cnc(-c4cccnc4)c3)C(=O)O[C@]12C. The summed E-state index contributed by atoms with van der Waals surface area (Å²) in [5.74, 6) is -3.55. The van der Waals surface area contributed by atoms with Gasteiger partial charge in [0.05, 0.1) is 23.7 Å². The van der Waals surface area contributed by atoms with Gasteiger partial charge in [-0.1, -0.05) is 48.5 Å². The summed E-state index contributed by atoms with van der Waals surface area (Å²) in [6.45, 7) is 20.2. The van der Waals surface area contributed by atoms with Crippen molar-refractivity contribution in [2.75, 3.05) is 13.7 Å². The van der Waals surface area contributed by atoms with Gasteiger partial charge in [0.2, 0.25) is 0 Å². The number of aromatic nitrogens is 3. The Hall–Kier alpha value is -3.60. The van der Waals surface area contributed by atoms with Crippen molar-refractivity contribution in [2.24, 2.45) is 41.4 Å². The van der Waals surface area contributed by atoms with Crippen molar-refractivity contribution in [2.45, 2.75) is 125 Å². The van der Waals surface area contributed by atoms with Crippen LogP contribution in [-0.2, 0) is 35.1 Å². The summed E-state index contributed by atoms with van der Waals surface area (Å²) in [6.07, 6.45) is 7.97. The van der Waals surface area contributed by atoms with Crippen LogP contribution in [0.25, 0.3) is 11.3 Å². The van der Waals surface area contributed by atoms with Crippen LogP contribution in [0.3, 0.4) is 0 Å². The zero-order valence-corrected chi connectivity index (χ0v) is 32.5.